The molecule has 2 atom stereocenters. The SMILES string of the molecule is CC(C)(C)OC(=O)N[C@@H]1CCN(C(=O)CCN2CCN(c3ccc4c(c3)C(=O)N(C3CCC(=O)NC3=O)C4=O)CC2)C1. The first-order valence-corrected chi connectivity index (χ1v) is 14.5. The number of piperazine rings is 1. The van der Waals surface area contributed by atoms with E-state index in [1.165, 1.54) is 0 Å². The third-order valence-corrected chi connectivity index (χ3v) is 8.06. The number of piperidine rings is 1. The van der Waals surface area contributed by atoms with Crippen molar-refractivity contribution < 1.29 is 33.5 Å². The zero-order valence-electron chi connectivity index (χ0n) is 24.3. The van der Waals surface area contributed by atoms with Gasteiger partial charge in [0.2, 0.25) is 17.7 Å². The molecule has 13 nitrogen and oxygen atoms in total. The van der Waals surface area contributed by atoms with E-state index >= 15 is 0 Å². The fraction of sp³-hybridized carbons (Fsp3) is 0.586. The first-order chi connectivity index (χ1) is 19.9. The molecule has 0 saturated carbocycles. The number of fused-ring (bicyclic) bond motifs is 1. The lowest BCUT2D eigenvalue weighted by Gasteiger charge is -2.36. The molecule has 0 spiro atoms. The molecule has 4 aliphatic rings. The highest BCUT2D eigenvalue weighted by Crippen LogP contribution is 2.31. The maximum absolute atomic E-state index is 13.2. The minimum Gasteiger partial charge on any atom is -0.444 e. The zero-order valence-corrected chi connectivity index (χ0v) is 24.3. The van der Waals surface area contributed by atoms with Gasteiger partial charge in [0.05, 0.1) is 17.2 Å². The molecule has 0 radical (unpaired) electrons. The Balaban J connectivity index is 1.09. The van der Waals surface area contributed by atoms with Gasteiger partial charge in [0, 0.05) is 64.3 Å². The van der Waals surface area contributed by atoms with Crippen LogP contribution in [0.5, 0.6) is 0 Å². The predicted octanol–water partition coefficient (Wildman–Crippen LogP) is 0.726. The number of nitrogens with one attached hydrogen (secondary N) is 2. The predicted molar refractivity (Wildman–Crippen MR) is 151 cm³/mol. The van der Waals surface area contributed by atoms with Gasteiger partial charge in [0.15, 0.2) is 0 Å². The maximum Gasteiger partial charge on any atom is 0.407 e. The number of ether oxygens (including phenoxy) is 1. The number of carbonyl (C=O) groups excluding carboxylic acids is 6. The van der Waals surface area contributed by atoms with Gasteiger partial charge in [-0.05, 0) is 51.8 Å². The Kier molecular flexibility index (Phi) is 8.22. The van der Waals surface area contributed by atoms with Crippen LogP contribution in [0.1, 0.15) is 67.2 Å². The lowest BCUT2D eigenvalue weighted by atomic mass is 10.0. The highest BCUT2D eigenvalue weighted by atomic mass is 16.6. The summed E-state index contributed by atoms with van der Waals surface area (Å²) >= 11 is 0. The Bertz CT molecular complexity index is 1300. The molecule has 1 unspecified atom stereocenters. The van der Waals surface area contributed by atoms with E-state index in [4.69, 9.17) is 4.74 Å². The molecule has 0 bridgehead atoms. The molecule has 5 rings (SSSR count). The molecule has 4 aliphatic heterocycles. The monoisotopic (exact) mass is 582 g/mol. The van der Waals surface area contributed by atoms with Crippen molar-refractivity contribution in [2.24, 2.45) is 0 Å². The Hall–Kier alpha value is -4.00. The number of rotatable bonds is 6. The van der Waals surface area contributed by atoms with Crippen LogP contribution >= 0.6 is 0 Å². The van der Waals surface area contributed by atoms with E-state index in [0.29, 0.717) is 45.6 Å². The van der Waals surface area contributed by atoms with Crippen LogP contribution in [0.25, 0.3) is 0 Å². The van der Waals surface area contributed by atoms with Gasteiger partial charge in [0.1, 0.15) is 11.6 Å². The number of amides is 6. The highest BCUT2D eigenvalue weighted by molar-refractivity contribution is 6.23. The molecule has 226 valence electrons. The zero-order chi connectivity index (χ0) is 30.2. The van der Waals surface area contributed by atoms with Gasteiger partial charge in [-0.15, -0.1) is 0 Å². The van der Waals surface area contributed by atoms with E-state index in [1.54, 1.807) is 17.0 Å². The first-order valence-electron chi connectivity index (χ1n) is 14.5. The van der Waals surface area contributed by atoms with E-state index in [-0.39, 0.29) is 35.9 Å². The normalized spacial score (nSPS) is 23.3. The summed E-state index contributed by atoms with van der Waals surface area (Å²) in [7, 11) is 0. The van der Waals surface area contributed by atoms with E-state index in [0.717, 1.165) is 23.7 Å². The van der Waals surface area contributed by atoms with Gasteiger partial charge >= 0.3 is 6.09 Å². The second kappa shape index (κ2) is 11.7. The summed E-state index contributed by atoms with van der Waals surface area (Å²) in [4.78, 5) is 81.9. The third-order valence-electron chi connectivity index (χ3n) is 8.06. The number of hydrogen-bond acceptors (Lipinski definition) is 9. The Morgan fingerprint density at radius 1 is 0.976 bits per heavy atom. The standard InChI is InChI=1S/C29H38N6O7/c1-29(2,3)42-28(41)30-18-8-11-34(17-18)24(37)9-10-32-12-14-33(15-13-32)19-4-5-20-21(16-19)27(40)35(26(20)39)22-6-7-23(36)31-25(22)38/h4-5,16,18,22H,6-15,17H2,1-3H3,(H,30,41)(H,31,36,38)/t18-,22?/m1/s1. The Morgan fingerprint density at radius 3 is 2.38 bits per heavy atom. The van der Waals surface area contributed by atoms with Crippen molar-refractivity contribution in [2.75, 3.05) is 50.7 Å². The van der Waals surface area contributed by atoms with E-state index in [9.17, 15) is 28.8 Å². The number of nitrogens with zero attached hydrogens (tertiary/aromatic N) is 4. The van der Waals surface area contributed by atoms with Crippen molar-refractivity contribution in [1.29, 1.82) is 0 Å². The molecule has 13 heteroatoms. The lowest BCUT2D eigenvalue weighted by Crippen LogP contribution is -2.54. The maximum atomic E-state index is 13.2. The molecular formula is C29H38N6O7. The van der Waals surface area contributed by atoms with Crippen LogP contribution in [0, 0.1) is 0 Å². The summed E-state index contributed by atoms with van der Waals surface area (Å²) in [5.41, 5.74) is 0.769. The minimum atomic E-state index is -0.988. The molecule has 4 heterocycles. The molecule has 1 aromatic rings. The van der Waals surface area contributed by atoms with Crippen LogP contribution in [0.3, 0.4) is 0 Å². The van der Waals surface area contributed by atoms with E-state index in [1.807, 2.05) is 26.8 Å². The van der Waals surface area contributed by atoms with Crippen LogP contribution in [0.4, 0.5) is 10.5 Å². The molecule has 2 N–H and O–H groups in total. The second-order valence-electron chi connectivity index (χ2n) is 12.2. The number of anilines is 1. The topological polar surface area (TPSA) is 149 Å². The van der Waals surface area contributed by atoms with Crippen LogP contribution in [-0.2, 0) is 19.1 Å². The summed E-state index contributed by atoms with van der Waals surface area (Å²) in [6, 6.07) is 4.04. The summed E-state index contributed by atoms with van der Waals surface area (Å²) in [5, 5.41) is 5.06. The van der Waals surface area contributed by atoms with Gasteiger partial charge in [-0.3, -0.25) is 39.1 Å². The largest absolute Gasteiger partial charge is 0.444 e. The van der Waals surface area contributed by atoms with Crippen molar-refractivity contribution in [3.8, 4) is 0 Å². The number of benzene rings is 1. The molecule has 42 heavy (non-hydrogen) atoms. The molecular weight excluding hydrogens is 544 g/mol. The smallest absolute Gasteiger partial charge is 0.407 e. The minimum absolute atomic E-state index is 0.0632. The van der Waals surface area contributed by atoms with Crippen LogP contribution < -0.4 is 15.5 Å². The average Bonchev–Trinajstić information content (AvgIpc) is 3.49. The van der Waals surface area contributed by atoms with Crippen molar-refractivity contribution in [1.82, 2.24) is 25.3 Å². The van der Waals surface area contributed by atoms with Crippen LogP contribution in [0.2, 0.25) is 0 Å². The molecule has 3 saturated heterocycles. The Morgan fingerprint density at radius 2 is 1.69 bits per heavy atom. The van der Waals surface area contributed by atoms with Crippen molar-refractivity contribution in [2.45, 2.75) is 64.1 Å². The fourth-order valence-corrected chi connectivity index (χ4v) is 5.88. The van der Waals surface area contributed by atoms with Crippen molar-refractivity contribution >= 4 is 41.3 Å². The molecule has 0 aromatic heterocycles. The average molecular weight is 583 g/mol. The van der Waals surface area contributed by atoms with Crippen LogP contribution in [0.15, 0.2) is 18.2 Å². The third kappa shape index (κ3) is 6.40. The number of likely N-dealkylation sites (tertiary alicyclic amines) is 1. The Labute approximate surface area is 244 Å². The summed E-state index contributed by atoms with van der Waals surface area (Å²) in [5.74, 6) is -2.01. The van der Waals surface area contributed by atoms with Crippen LogP contribution in [-0.4, -0.2) is 114 Å². The number of hydrogen-bond donors (Lipinski definition) is 2. The molecule has 1 aromatic carbocycles. The summed E-state index contributed by atoms with van der Waals surface area (Å²) < 4.78 is 5.31. The highest BCUT2D eigenvalue weighted by Gasteiger charge is 2.44. The van der Waals surface area contributed by atoms with Gasteiger partial charge in [-0.2, -0.15) is 0 Å². The second-order valence-corrected chi connectivity index (χ2v) is 12.2. The van der Waals surface area contributed by atoms with Crippen molar-refractivity contribution in [3.05, 3.63) is 29.3 Å². The molecule has 0 aliphatic carbocycles. The first kappa shape index (κ1) is 29.5. The number of carbonyl (C=O) groups is 6. The summed E-state index contributed by atoms with van der Waals surface area (Å²) in [6.07, 6.45) is 0.823. The summed E-state index contributed by atoms with van der Waals surface area (Å²) in [6.45, 7) is 10.0. The fourth-order valence-electron chi connectivity index (χ4n) is 5.88. The number of alkyl carbamates (subject to hydrolysis) is 1. The van der Waals surface area contributed by atoms with Gasteiger partial charge in [-0.1, -0.05) is 0 Å². The van der Waals surface area contributed by atoms with Gasteiger partial charge < -0.3 is 19.9 Å². The van der Waals surface area contributed by atoms with Gasteiger partial charge in [0.25, 0.3) is 11.8 Å². The quantitative estimate of drug-likeness (QED) is 0.463. The van der Waals surface area contributed by atoms with E-state index in [2.05, 4.69) is 20.4 Å². The lowest BCUT2D eigenvalue weighted by molar-refractivity contribution is -0.136. The van der Waals surface area contributed by atoms with E-state index < -0.39 is 41.4 Å². The molecule has 3 fully saturated rings. The van der Waals surface area contributed by atoms with Gasteiger partial charge in [-0.25, -0.2) is 4.79 Å². The number of imide groups is 2. The van der Waals surface area contributed by atoms with Crippen molar-refractivity contribution in [3.63, 3.8) is 0 Å². The molecule has 6 amide bonds.